The molecule has 0 aliphatic heterocycles. The summed E-state index contributed by atoms with van der Waals surface area (Å²) in [6.07, 6.45) is 13.3. The van der Waals surface area contributed by atoms with Crippen molar-refractivity contribution in [3.05, 3.63) is 24.3 Å². The summed E-state index contributed by atoms with van der Waals surface area (Å²) in [5.41, 5.74) is 0. The number of carboxylic acid groups (broad SMARTS) is 1. The van der Waals surface area contributed by atoms with Gasteiger partial charge in [-0.05, 0) is 43.9 Å². The van der Waals surface area contributed by atoms with E-state index in [0.29, 0.717) is 18.3 Å². The molecule has 1 rings (SSSR count). The number of hydrogen-bond donors (Lipinski definition) is 2. The van der Waals surface area contributed by atoms with Gasteiger partial charge in [0.05, 0.1) is 0 Å². The van der Waals surface area contributed by atoms with Gasteiger partial charge in [-0.2, -0.15) is 0 Å². The molecule has 3 nitrogen and oxygen atoms in total. The Morgan fingerprint density at radius 2 is 1.94 bits per heavy atom. The maximum atomic E-state index is 10.3. The molecule has 96 valence electrons. The van der Waals surface area contributed by atoms with Crippen LogP contribution in [0.3, 0.4) is 0 Å². The Labute approximate surface area is 103 Å². The Bertz CT molecular complexity index is 281. The van der Waals surface area contributed by atoms with Crippen LogP contribution in [-0.2, 0) is 4.79 Å². The van der Waals surface area contributed by atoms with E-state index in [1.807, 2.05) is 0 Å². The first-order chi connectivity index (χ1) is 8.24. The lowest BCUT2D eigenvalue weighted by atomic mass is 9.81. The molecule has 0 unspecified atom stereocenters. The van der Waals surface area contributed by atoms with Crippen molar-refractivity contribution in [1.29, 1.82) is 0 Å². The molecule has 0 saturated carbocycles. The second kappa shape index (κ2) is 8.07. The number of aliphatic hydroxyl groups is 1. The van der Waals surface area contributed by atoms with Crippen molar-refractivity contribution < 1.29 is 15.0 Å². The average molecular weight is 238 g/mol. The Hall–Kier alpha value is -1.09. The number of aliphatic hydroxyl groups excluding tert-OH is 1. The van der Waals surface area contributed by atoms with Crippen molar-refractivity contribution in [1.82, 2.24) is 0 Å². The zero-order valence-electron chi connectivity index (χ0n) is 10.2. The summed E-state index contributed by atoms with van der Waals surface area (Å²) in [4.78, 5) is 10.3. The lowest BCUT2D eigenvalue weighted by molar-refractivity contribution is -0.137. The predicted molar refractivity (Wildman–Crippen MR) is 67.7 cm³/mol. The molecule has 1 aliphatic carbocycles. The fraction of sp³-hybridized carbons (Fsp3) is 0.643. The molecule has 17 heavy (non-hydrogen) atoms. The summed E-state index contributed by atoms with van der Waals surface area (Å²) in [7, 11) is 0. The molecule has 2 atom stereocenters. The van der Waals surface area contributed by atoms with Crippen LogP contribution < -0.4 is 0 Å². The molecule has 0 aromatic rings. The number of carboxylic acids is 1. The third-order valence-electron chi connectivity index (χ3n) is 3.31. The maximum Gasteiger partial charge on any atom is 0.303 e. The molecule has 0 spiro atoms. The monoisotopic (exact) mass is 238 g/mol. The molecule has 3 heteroatoms. The average Bonchev–Trinajstić information content (AvgIpc) is 2.33. The standard InChI is InChI=1S/C14H22O3/c15-11-13-9-6-5-8-12(13)7-3-1-2-4-10-14(16)17/h1,3,5-6,12-13,15H,2,4,7-11H2,(H,16,17)/t12-,13-/m0/s1. The third-order valence-corrected chi connectivity index (χ3v) is 3.31. The zero-order valence-corrected chi connectivity index (χ0v) is 10.2. The van der Waals surface area contributed by atoms with Crippen LogP contribution in [0.4, 0.5) is 0 Å². The summed E-state index contributed by atoms with van der Waals surface area (Å²) < 4.78 is 0. The van der Waals surface area contributed by atoms with Crippen LogP contribution in [0.15, 0.2) is 24.3 Å². The summed E-state index contributed by atoms with van der Waals surface area (Å²) in [6, 6.07) is 0. The van der Waals surface area contributed by atoms with E-state index in [1.54, 1.807) is 0 Å². The third kappa shape index (κ3) is 5.68. The van der Waals surface area contributed by atoms with E-state index in [-0.39, 0.29) is 13.0 Å². The number of allylic oxidation sites excluding steroid dienone is 4. The van der Waals surface area contributed by atoms with Crippen molar-refractivity contribution in [3.63, 3.8) is 0 Å². The van der Waals surface area contributed by atoms with E-state index in [0.717, 1.165) is 25.7 Å². The second-order valence-electron chi connectivity index (χ2n) is 4.64. The van der Waals surface area contributed by atoms with Crippen LogP contribution in [0, 0.1) is 11.8 Å². The van der Waals surface area contributed by atoms with Crippen LogP contribution in [-0.4, -0.2) is 22.8 Å². The van der Waals surface area contributed by atoms with Gasteiger partial charge < -0.3 is 10.2 Å². The van der Waals surface area contributed by atoms with E-state index in [9.17, 15) is 9.90 Å². The molecular formula is C14H22O3. The minimum atomic E-state index is -0.726. The van der Waals surface area contributed by atoms with Gasteiger partial charge >= 0.3 is 5.97 Å². The molecule has 2 N–H and O–H groups in total. The van der Waals surface area contributed by atoms with Gasteiger partial charge in [0.2, 0.25) is 0 Å². The first-order valence-electron chi connectivity index (χ1n) is 6.36. The molecular weight excluding hydrogens is 216 g/mol. The Morgan fingerprint density at radius 3 is 2.59 bits per heavy atom. The lowest BCUT2D eigenvalue weighted by Crippen LogP contribution is -2.19. The van der Waals surface area contributed by atoms with E-state index < -0.39 is 5.97 Å². The fourth-order valence-corrected chi connectivity index (χ4v) is 2.20. The molecule has 1 aliphatic rings. The van der Waals surface area contributed by atoms with Gasteiger partial charge in [0.1, 0.15) is 0 Å². The summed E-state index contributed by atoms with van der Waals surface area (Å²) >= 11 is 0. The molecule has 0 saturated heterocycles. The predicted octanol–water partition coefficient (Wildman–Crippen LogP) is 2.76. The Balaban J connectivity index is 2.18. The highest BCUT2D eigenvalue weighted by Gasteiger charge is 2.19. The number of rotatable bonds is 7. The molecule has 0 radical (unpaired) electrons. The number of hydrogen-bond acceptors (Lipinski definition) is 2. The number of carbonyl (C=O) groups is 1. The van der Waals surface area contributed by atoms with Gasteiger partial charge in [0.25, 0.3) is 0 Å². The topological polar surface area (TPSA) is 57.5 Å². The molecule has 0 aromatic carbocycles. The second-order valence-corrected chi connectivity index (χ2v) is 4.64. The van der Waals surface area contributed by atoms with Gasteiger partial charge in [-0.3, -0.25) is 4.79 Å². The number of aliphatic carboxylic acids is 1. The van der Waals surface area contributed by atoms with E-state index in [1.165, 1.54) is 0 Å². The lowest BCUT2D eigenvalue weighted by Gasteiger charge is -2.25. The van der Waals surface area contributed by atoms with Crippen LogP contribution >= 0.6 is 0 Å². The fourth-order valence-electron chi connectivity index (χ4n) is 2.20. The highest BCUT2D eigenvalue weighted by atomic mass is 16.4. The van der Waals surface area contributed by atoms with E-state index in [2.05, 4.69) is 24.3 Å². The van der Waals surface area contributed by atoms with Crippen molar-refractivity contribution in [2.24, 2.45) is 11.8 Å². The van der Waals surface area contributed by atoms with Crippen molar-refractivity contribution in [3.8, 4) is 0 Å². The Kier molecular flexibility index (Phi) is 6.63. The zero-order chi connectivity index (χ0) is 12.5. The van der Waals surface area contributed by atoms with Gasteiger partial charge in [0, 0.05) is 13.0 Å². The summed E-state index contributed by atoms with van der Waals surface area (Å²) in [5, 5.41) is 17.7. The SMILES string of the molecule is O=C(O)CCCC=CC[C@H]1CC=CC[C@H]1CO. The molecule has 0 heterocycles. The highest BCUT2D eigenvalue weighted by molar-refractivity contribution is 5.66. The van der Waals surface area contributed by atoms with E-state index >= 15 is 0 Å². The van der Waals surface area contributed by atoms with Crippen LogP contribution in [0.5, 0.6) is 0 Å². The molecule has 0 fully saturated rings. The Morgan fingerprint density at radius 1 is 1.24 bits per heavy atom. The molecule has 0 bridgehead atoms. The van der Waals surface area contributed by atoms with Crippen LogP contribution in [0.1, 0.15) is 38.5 Å². The summed E-state index contributed by atoms with van der Waals surface area (Å²) in [6.45, 7) is 0.266. The molecule has 0 amide bonds. The van der Waals surface area contributed by atoms with Crippen LogP contribution in [0.2, 0.25) is 0 Å². The van der Waals surface area contributed by atoms with Crippen molar-refractivity contribution in [2.45, 2.75) is 38.5 Å². The quantitative estimate of drug-likeness (QED) is 0.529. The van der Waals surface area contributed by atoms with Crippen molar-refractivity contribution >= 4 is 5.97 Å². The van der Waals surface area contributed by atoms with Crippen molar-refractivity contribution in [2.75, 3.05) is 6.61 Å². The smallest absolute Gasteiger partial charge is 0.303 e. The normalized spacial score (nSPS) is 24.3. The number of unbranched alkanes of at least 4 members (excludes halogenated alkanes) is 1. The first kappa shape index (κ1) is 14.0. The minimum Gasteiger partial charge on any atom is -0.481 e. The highest BCUT2D eigenvalue weighted by Crippen LogP contribution is 2.28. The first-order valence-corrected chi connectivity index (χ1v) is 6.36. The largest absolute Gasteiger partial charge is 0.481 e. The maximum absolute atomic E-state index is 10.3. The van der Waals surface area contributed by atoms with Gasteiger partial charge in [-0.25, -0.2) is 0 Å². The van der Waals surface area contributed by atoms with Gasteiger partial charge in [-0.1, -0.05) is 24.3 Å². The van der Waals surface area contributed by atoms with Crippen LogP contribution in [0.25, 0.3) is 0 Å². The summed E-state index contributed by atoms with van der Waals surface area (Å²) in [5.74, 6) is 0.209. The molecule has 0 aromatic heterocycles. The minimum absolute atomic E-state index is 0.246. The van der Waals surface area contributed by atoms with E-state index in [4.69, 9.17) is 5.11 Å². The van der Waals surface area contributed by atoms with Gasteiger partial charge in [-0.15, -0.1) is 0 Å². The van der Waals surface area contributed by atoms with Gasteiger partial charge in [0.15, 0.2) is 0 Å².